The molecule has 0 atom stereocenters. The Morgan fingerprint density at radius 2 is 2.00 bits per heavy atom. The second-order valence-corrected chi connectivity index (χ2v) is 3.71. The Labute approximate surface area is 88.6 Å². The molecule has 2 rings (SSSR count). The molecular formula is C10H7N2OSe. The molecule has 0 aliphatic heterocycles. The summed E-state index contributed by atoms with van der Waals surface area (Å²) in [4.78, 5) is 0. The van der Waals surface area contributed by atoms with Crippen molar-refractivity contribution in [2.24, 2.45) is 0 Å². The molecule has 1 heterocycles. The zero-order valence-electron chi connectivity index (χ0n) is 7.20. The molecule has 0 amide bonds. The molecule has 3 nitrogen and oxygen atoms in total. The van der Waals surface area contributed by atoms with Crippen LogP contribution in [-0.2, 0) is 0 Å². The van der Waals surface area contributed by atoms with Crippen LogP contribution < -0.4 is 5.55 Å². The fraction of sp³-hybridized carbons (Fsp3) is 0. The van der Waals surface area contributed by atoms with Crippen LogP contribution >= 0.6 is 0 Å². The average Bonchev–Trinajstić information content (AvgIpc) is 2.16. The normalized spacial score (nSPS) is 10.3. The summed E-state index contributed by atoms with van der Waals surface area (Å²) in [5, 5.41) is 15.9. The van der Waals surface area contributed by atoms with Crippen LogP contribution in [0.4, 0.5) is 0 Å². The van der Waals surface area contributed by atoms with E-state index in [1.807, 2.05) is 18.2 Å². The Balaban J connectivity index is 2.84. The molecule has 0 unspecified atom stereocenters. The van der Waals surface area contributed by atoms with E-state index in [-0.39, 0.29) is 10.2 Å². The molecule has 0 aliphatic carbocycles. The van der Waals surface area contributed by atoms with Crippen LogP contribution in [0.15, 0.2) is 34.7 Å². The van der Waals surface area contributed by atoms with E-state index in [4.69, 9.17) is 15.2 Å². The van der Waals surface area contributed by atoms with Crippen LogP contribution in [0, 0.1) is 10.8 Å². The Hall–Kier alpha value is -1.38. The molecule has 14 heavy (non-hydrogen) atoms. The number of hydrogen-bond acceptors (Lipinski definition) is 3. The maximum atomic E-state index is 7.56. The van der Waals surface area contributed by atoms with Crippen molar-refractivity contribution in [1.82, 2.24) is 0 Å². The van der Waals surface area contributed by atoms with E-state index in [2.05, 4.69) is 16.0 Å². The third-order valence-corrected chi connectivity index (χ3v) is 2.38. The van der Waals surface area contributed by atoms with Gasteiger partial charge in [0, 0.05) is 0 Å². The van der Waals surface area contributed by atoms with Gasteiger partial charge in [0.05, 0.1) is 0 Å². The minimum absolute atomic E-state index is 0.0208. The van der Waals surface area contributed by atoms with Crippen LogP contribution in [0.3, 0.4) is 0 Å². The van der Waals surface area contributed by atoms with Crippen molar-refractivity contribution in [2.75, 3.05) is 0 Å². The SMILES string of the molecule is N=C([Se])c1cc2ccccc2oc1=N. The zero-order chi connectivity index (χ0) is 10.1. The van der Waals surface area contributed by atoms with Gasteiger partial charge in [-0.15, -0.1) is 0 Å². The molecule has 0 fully saturated rings. The van der Waals surface area contributed by atoms with Crippen molar-refractivity contribution in [3.63, 3.8) is 0 Å². The zero-order valence-corrected chi connectivity index (χ0v) is 8.92. The Bertz CT molecular complexity index is 559. The summed E-state index contributed by atoms with van der Waals surface area (Å²) < 4.78 is 5.49. The molecule has 0 saturated carbocycles. The molecule has 4 heteroatoms. The van der Waals surface area contributed by atoms with Crippen LogP contribution in [0.1, 0.15) is 5.56 Å². The standard InChI is InChI=1S/C10H7N2OSe/c11-9-7(10(12)14)5-6-3-1-2-4-8(6)13-9/h1-5,11-12H. The second kappa shape index (κ2) is 3.40. The van der Waals surface area contributed by atoms with Crippen molar-refractivity contribution >= 4 is 31.6 Å². The van der Waals surface area contributed by atoms with E-state index in [9.17, 15) is 0 Å². The van der Waals surface area contributed by atoms with Gasteiger partial charge in [-0.1, -0.05) is 0 Å². The fourth-order valence-corrected chi connectivity index (χ4v) is 1.57. The van der Waals surface area contributed by atoms with Gasteiger partial charge < -0.3 is 0 Å². The van der Waals surface area contributed by atoms with Gasteiger partial charge in [0.1, 0.15) is 0 Å². The van der Waals surface area contributed by atoms with Gasteiger partial charge >= 0.3 is 88.3 Å². The average molecular weight is 250 g/mol. The van der Waals surface area contributed by atoms with Crippen molar-refractivity contribution in [3.05, 3.63) is 41.4 Å². The first kappa shape index (κ1) is 9.19. The predicted octanol–water partition coefficient (Wildman–Crippen LogP) is 1.41. The number of benzene rings is 1. The van der Waals surface area contributed by atoms with E-state index >= 15 is 0 Å². The van der Waals surface area contributed by atoms with Gasteiger partial charge in [-0.25, -0.2) is 0 Å². The molecule has 1 aromatic heterocycles. The topological polar surface area (TPSA) is 60.8 Å². The van der Waals surface area contributed by atoms with E-state index < -0.39 is 0 Å². The summed E-state index contributed by atoms with van der Waals surface area (Å²) in [6.45, 7) is 0. The Morgan fingerprint density at radius 3 is 2.71 bits per heavy atom. The van der Waals surface area contributed by atoms with Crippen molar-refractivity contribution in [2.45, 2.75) is 0 Å². The number of hydrogen-bond donors (Lipinski definition) is 2. The van der Waals surface area contributed by atoms with E-state index in [0.29, 0.717) is 11.1 Å². The van der Waals surface area contributed by atoms with Gasteiger partial charge in [-0.05, 0) is 0 Å². The van der Waals surface area contributed by atoms with Crippen LogP contribution in [-0.4, -0.2) is 20.6 Å². The molecule has 69 valence electrons. The fourth-order valence-electron chi connectivity index (χ4n) is 1.25. The van der Waals surface area contributed by atoms with E-state index in [1.165, 1.54) is 0 Å². The van der Waals surface area contributed by atoms with Gasteiger partial charge in [-0.2, -0.15) is 0 Å². The summed E-state index contributed by atoms with van der Waals surface area (Å²) in [6, 6.07) is 9.23. The summed E-state index contributed by atoms with van der Waals surface area (Å²) in [5.41, 5.74) is 1.18. The predicted molar refractivity (Wildman–Crippen MR) is 54.7 cm³/mol. The van der Waals surface area contributed by atoms with Crippen molar-refractivity contribution in [1.29, 1.82) is 10.8 Å². The van der Waals surface area contributed by atoms with Gasteiger partial charge in [0.15, 0.2) is 0 Å². The van der Waals surface area contributed by atoms with E-state index in [0.717, 1.165) is 5.39 Å². The summed E-state index contributed by atoms with van der Waals surface area (Å²) in [6.07, 6.45) is 0. The Kier molecular flexibility index (Phi) is 2.23. The molecule has 0 bridgehead atoms. The molecule has 2 N–H and O–H groups in total. The van der Waals surface area contributed by atoms with E-state index in [1.54, 1.807) is 12.1 Å². The van der Waals surface area contributed by atoms with Gasteiger partial charge in [0.2, 0.25) is 0 Å². The maximum absolute atomic E-state index is 7.56. The van der Waals surface area contributed by atoms with Crippen molar-refractivity contribution in [3.8, 4) is 0 Å². The number of rotatable bonds is 1. The first-order valence-corrected chi connectivity index (χ1v) is 4.87. The van der Waals surface area contributed by atoms with Crippen LogP contribution in [0.2, 0.25) is 0 Å². The minimum atomic E-state index is 0.0208. The molecule has 2 aromatic rings. The first-order valence-electron chi connectivity index (χ1n) is 4.02. The summed E-state index contributed by atoms with van der Waals surface area (Å²) in [5.74, 6) is 0. The van der Waals surface area contributed by atoms with Crippen molar-refractivity contribution < 1.29 is 4.42 Å². The Morgan fingerprint density at radius 1 is 1.29 bits per heavy atom. The molecule has 0 aliphatic rings. The number of fused-ring (bicyclic) bond motifs is 1. The second-order valence-electron chi connectivity index (χ2n) is 2.86. The molecule has 0 spiro atoms. The van der Waals surface area contributed by atoms with Crippen LogP contribution in [0.5, 0.6) is 0 Å². The molecular weight excluding hydrogens is 243 g/mol. The molecule has 0 saturated heterocycles. The third kappa shape index (κ3) is 1.50. The number of nitrogens with one attached hydrogen (secondary N) is 2. The monoisotopic (exact) mass is 251 g/mol. The summed E-state index contributed by atoms with van der Waals surface area (Å²) in [7, 11) is 0. The quantitative estimate of drug-likeness (QED) is 0.583. The molecule has 1 aromatic carbocycles. The first-order chi connectivity index (χ1) is 6.68. The summed E-state index contributed by atoms with van der Waals surface area (Å²) >= 11 is 2.57. The van der Waals surface area contributed by atoms with Crippen LogP contribution in [0.25, 0.3) is 11.0 Å². The number of para-hydroxylation sites is 1. The molecule has 1 radical (unpaired) electrons. The van der Waals surface area contributed by atoms with Gasteiger partial charge in [-0.3, -0.25) is 0 Å². The third-order valence-electron chi connectivity index (χ3n) is 1.92. The van der Waals surface area contributed by atoms with Gasteiger partial charge in [0.25, 0.3) is 0 Å².